The summed E-state index contributed by atoms with van der Waals surface area (Å²) in [7, 11) is 0. The number of aliphatic hydroxyl groups is 1. The molecule has 0 saturated heterocycles. The lowest BCUT2D eigenvalue weighted by molar-refractivity contribution is 0.275. The third kappa shape index (κ3) is 2.46. The Morgan fingerprint density at radius 1 is 1.00 bits per heavy atom. The molecule has 2 aromatic carbocycles. The van der Waals surface area contributed by atoms with Gasteiger partial charge in [0, 0.05) is 16.6 Å². The summed E-state index contributed by atoms with van der Waals surface area (Å²) in [6.07, 6.45) is 0. The van der Waals surface area contributed by atoms with E-state index in [9.17, 15) is 5.11 Å². The van der Waals surface area contributed by atoms with Crippen LogP contribution in [0.5, 0.6) is 0 Å². The van der Waals surface area contributed by atoms with Crippen molar-refractivity contribution in [1.29, 1.82) is 5.41 Å². The van der Waals surface area contributed by atoms with E-state index in [0.717, 1.165) is 16.7 Å². The largest absolute Gasteiger partial charge is 0.395 e. The number of halogens is 2. The Morgan fingerprint density at radius 3 is 2.48 bits per heavy atom. The minimum absolute atomic E-state index is 0.0339. The zero-order valence-electron chi connectivity index (χ0n) is 11.1. The Labute approximate surface area is 131 Å². The molecule has 3 rings (SSSR count). The number of benzene rings is 2. The van der Waals surface area contributed by atoms with Crippen molar-refractivity contribution < 1.29 is 5.11 Å². The molecule has 6 heteroatoms. The first-order chi connectivity index (χ1) is 10.1. The van der Waals surface area contributed by atoms with Crippen molar-refractivity contribution in [3.63, 3.8) is 0 Å². The summed E-state index contributed by atoms with van der Waals surface area (Å²) in [6, 6.07) is 12.7. The lowest BCUT2D eigenvalue weighted by Crippen LogP contribution is -2.24. The smallest absolute Gasteiger partial charge is 0.207 e. The summed E-state index contributed by atoms with van der Waals surface area (Å²) in [5, 5.41) is 18.8. The van der Waals surface area contributed by atoms with Gasteiger partial charge in [-0.3, -0.25) is 9.98 Å². The molecule has 0 aliphatic rings. The summed E-state index contributed by atoms with van der Waals surface area (Å²) in [6.45, 7) is 0.318. The third-order valence-electron chi connectivity index (χ3n) is 3.33. The molecule has 0 aliphatic heterocycles. The Kier molecular flexibility index (Phi) is 3.76. The van der Waals surface area contributed by atoms with E-state index in [0.29, 0.717) is 16.6 Å². The number of nitrogens with zero attached hydrogens (tertiary/aromatic N) is 2. The standard InChI is InChI=1S/C15H13Cl2N3O/c16-10-2-1-3-12(8-10)20-14-9-11(17)4-5-13(14)19(6-7-21)15(20)18/h1-5,8-9,18,21H,6-7H2. The highest BCUT2D eigenvalue weighted by Gasteiger charge is 2.12. The molecule has 0 amide bonds. The molecule has 0 fully saturated rings. The molecular weight excluding hydrogens is 309 g/mol. The second kappa shape index (κ2) is 5.56. The fourth-order valence-corrected chi connectivity index (χ4v) is 2.81. The molecule has 2 N–H and O–H groups in total. The molecule has 0 atom stereocenters. The van der Waals surface area contributed by atoms with E-state index < -0.39 is 0 Å². The SMILES string of the molecule is N=c1n(CCO)c2ccc(Cl)cc2n1-c1cccc(Cl)c1. The summed E-state index contributed by atoms with van der Waals surface area (Å²) in [5.41, 5.74) is 2.71. The van der Waals surface area contributed by atoms with E-state index in [4.69, 9.17) is 28.6 Å². The molecule has 21 heavy (non-hydrogen) atoms. The number of aromatic nitrogens is 2. The van der Waals surface area contributed by atoms with Crippen LogP contribution in [0.3, 0.4) is 0 Å². The molecule has 0 unspecified atom stereocenters. The average Bonchev–Trinajstić information content (AvgIpc) is 2.71. The van der Waals surface area contributed by atoms with Crippen molar-refractivity contribution in [2.45, 2.75) is 6.54 Å². The van der Waals surface area contributed by atoms with Gasteiger partial charge in [-0.1, -0.05) is 29.3 Å². The number of hydrogen-bond acceptors (Lipinski definition) is 2. The number of rotatable bonds is 3. The maximum atomic E-state index is 9.22. The minimum atomic E-state index is -0.0339. The fourth-order valence-electron chi connectivity index (χ4n) is 2.46. The van der Waals surface area contributed by atoms with Gasteiger partial charge in [0.15, 0.2) is 0 Å². The summed E-state index contributed by atoms with van der Waals surface area (Å²) in [5.74, 6) is 0. The van der Waals surface area contributed by atoms with E-state index in [1.807, 2.05) is 24.3 Å². The predicted octanol–water partition coefficient (Wildman–Crippen LogP) is 3.21. The van der Waals surface area contributed by atoms with Crippen LogP contribution < -0.4 is 5.62 Å². The second-order valence-electron chi connectivity index (χ2n) is 4.65. The quantitative estimate of drug-likeness (QED) is 0.764. The van der Waals surface area contributed by atoms with Gasteiger partial charge in [0.05, 0.1) is 23.3 Å². The first kappa shape index (κ1) is 14.2. The van der Waals surface area contributed by atoms with Gasteiger partial charge in [-0.15, -0.1) is 0 Å². The molecular formula is C15H13Cl2N3O. The third-order valence-corrected chi connectivity index (χ3v) is 3.80. The van der Waals surface area contributed by atoms with Gasteiger partial charge < -0.3 is 9.67 Å². The lowest BCUT2D eigenvalue weighted by atomic mass is 10.3. The van der Waals surface area contributed by atoms with E-state index in [-0.39, 0.29) is 12.2 Å². The van der Waals surface area contributed by atoms with Gasteiger partial charge in [-0.25, -0.2) is 0 Å². The summed E-state index contributed by atoms with van der Waals surface area (Å²) in [4.78, 5) is 0. The molecule has 0 bridgehead atoms. The van der Waals surface area contributed by atoms with Crippen LogP contribution in [-0.4, -0.2) is 20.8 Å². The Bertz CT molecular complexity index is 867. The number of hydrogen-bond donors (Lipinski definition) is 2. The Morgan fingerprint density at radius 2 is 1.76 bits per heavy atom. The monoisotopic (exact) mass is 321 g/mol. The molecule has 3 aromatic rings. The van der Waals surface area contributed by atoms with E-state index >= 15 is 0 Å². The van der Waals surface area contributed by atoms with Gasteiger partial charge in [0.25, 0.3) is 0 Å². The zero-order valence-corrected chi connectivity index (χ0v) is 12.6. The van der Waals surface area contributed by atoms with Gasteiger partial charge >= 0.3 is 0 Å². The minimum Gasteiger partial charge on any atom is -0.395 e. The predicted molar refractivity (Wildman–Crippen MR) is 84.2 cm³/mol. The normalized spacial score (nSPS) is 11.2. The Hall–Kier alpha value is -1.75. The van der Waals surface area contributed by atoms with Crippen molar-refractivity contribution >= 4 is 34.2 Å². The number of aliphatic hydroxyl groups excluding tert-OH is 1. The molecule has 0 spiro atoms. The topological polar surface area (TPSA) is 53.9 Å². The maximum Gasteiger partial charge on any atom is 0.207 e. The maximum absolute atomic E-state index is 9.22. The van der Waals surface area contributed by atoms with Crippen LogP contribution in [0.25, 0.3) is 16.7 Å². The summed E-state index contributed by atoms with van der Waals surface area (Å²) < 4.78 is 3.51. The van der Waals surface area contributed by atoms with Crippen molar-refractivity contribution in [1.82, 2.24) is 9.13 Å². The highest BCUT2D eigenvalue weighted by atomic mass is 35.5. The Balaban J connectivity index is 2.38. The summed E-state index contributed by atoms with van der Waals surface area (Å²) >= 11 is 12.1. The van der Waals surface area contributed by atoms with Crippen LogP contribution in [0, 0.1) is 5.41 Å². The van der Waals surface area contributed by atoms with Gasteiger partial charge in [0.1, 0.15) is 0 Å². The van der Waals surface area contributed by atoms with E-state index in [1.54, 1.807) is 27.3 Å². The van der Waals surface area contributed by atoms with Crippen LogP contribution in [0.4, 0.5) is 0 Å². The van der Waals surface area contributed by atoms with Crippen LogP contribution in [0.15, 0.2) is 42.5 Å². The fraction of sp³-hybridized carbons (Fsp3) is 0.133. The van der Waals surface area contributed by atoms with Gasteiger partial charge in [-0.2, -0.15) is 0 Å². The van der Waals surface area contributed by atoms with Crippen LogP contribution in [-0.2, 0) is 6.54 Å². The number of fused-ring (bicyclic) bond motifs is 1. The van der Waals surface area contributed by atoms with Crippen molar-refractivity contribution in [3.05, 3.63) is 58.1 Å². The van der Waals surface area contributed by atoms with E-state index in [1.165, 1.54) is 0 Å². The molecule has 1 aromatic heterocycles. The molecule has 4 nitrogen and oxygen atoms in total. The highest BCUT2D eigenvalue weighted by molar-refractivity contribution is 6.31. The first-order valence-electron chi connectivity index (χ1n) is 6.44. The van der Waals surface area contributed by atoms with Crippen molar-refractivity contribution in [3.8, 4) is 5.69 Å². The molecule has 0 aliphatic carbocycles. The van der Waals surface area contributed by atoms with Crippen LogP contribution in [0.2, 0.25) is 10.0 Å². The van der Waals surface area contributed by atoms with E-state index in [2.05, 4.69) is 0 Å². The van der Waals surface area contributed by atoms with Gasteiger partial charge in [-0.05, 0) is 36.4 Å². The highest BCUT2D eigenvalue weighted by Crippen LogP contribution is 2.23. The molecule has 0 radical (unpaired) electrons. The van der Waals surface area contributed by atoms with Crippen molar-refractivity contribution in [2.24, 2.45) is 0 Å². The number of imidazole rings is 1. The second-order valence-corrected chi connectivity index (χ2v) is 5.52. The average molecular weight is 322 g/mol. The van der Waals surface area contributed by atoms with Crippen LogP contribution in [0.1, 0.15) is 0 Å². The molecule has 108 valence electrons. The van der Waals surface area contributed by atoms with Crippen molar-refractivity contribution in [2.75, 3.05) is 6.61 Å². The number of nitrogens with one attached hydrogen (secondary N) is 1. The zero-order chi connectivity index (χ0) is 15.0. The lowest BCUT2D eigenvalue weighted by Gasteiger charge is -2.05. The first-order valence-corrected chi connectivity index (χ1v) is 7.19. The van der Waals surface area contributed by atoms with Crippen LogP contribution >= 0.6 is 23.2 Å². The molecule has 1 heterocycles. The molecule has 0 saturated carbocycles. The van der Waals surface area contributed by atoms with Gasteiger partial charge in [0.2, 0.25) is 5.62 Å².